The van der Waals surface area contributed by atoms with Crippen LogP contribution in [0.4, 0.5) is 0 Å². The van der Waals surface area contributed by atoms with Crippen molar-refractivity contribution in [2.75, 3.05) is 13.6 Å². The SMILES string of the molecule is CC(c1cc2ccccc2o1)N(C)C(=O)CC1CCCN1.Cl. The number of carbonyl (C=O) groups excluding carboxylic acids is 1. The van der Waals surface area contributed by atoms with Gasteiger partial charge in [0, 0.05) is 24.9 Å². The van der Waals surface area contributed by atoms with Gasteiger partial charge in [0.1, 0.15) is 11.3 Å². The molecule has 5 heteroatoms. The molecule has 22 heavy (non-hydrogen) atoms. The third-order valence-electron chi connectivity index (χ3n) is 4.41. The monoisotopic (exact) mass is 322 g/mol. The van der Waals surface area contributed by atoms with Crippen LogP contribution in [0.5, 0.6) is 0 Å². The van der Waals surface area contributed by atoms with Gasteiger partial charge in [0.2, 0.25) is 5.91 Å². The minimum Gasteiger partial charge on any atom is -0.459 e. The molecule has 1 fully saturated rings. The molecule has 3 rings (SSSR count). The molecule has 2 heterocycles. The quantitative estimate of drug-likeness (QED) is 0.936. The molecule has 1 amide bonds. The van der Waals surface area contributed by atoms with Crippen molar-refractivity contribution in [3.05, 3.63) is 36.1 Å². The Morgan fingerprint density at radius 3 is 2.91 bits per heavy atom. The molecule has 120 valence electrons. The first-order valence-corrected chi connectivity index (χ1v) is 7.62. The molecule has 2 atom stereocenters. The van der Waals surface area contributed by atoms with Gasteiger partial charge in [-0.05, 0) is 38.4 Å². The highest BCUT2D eigenvalue weighted by Crippen LogP contribution is 2.27. The van der Waals surface area contributed by atoms with E-state index in [9.17, 15) is 4.79 Å². The zero-order valence-electron chi connectivity index (χ0n) is 13.0. The second kappa shape index (κ2) is 7.16. The lowest BCUT2D eigenvalue weighted by Crippen LogP contribution is -2.34. The third-order valence-corrected chi connectivity index (χ3v) is 4.41. The number of benzene rings is 1. The van der Waals surface area contributed by atoms with Crippen LogP contribution >= 0.6 is 12.4 Å². The van der Waals surface area contributed by atoms with E-state index in [1.54, 1.807) is 4.90 Å². The summed E-state index contributed by atoms with van der Waals surface area (Å²) in [6.07, 6.45) is 2.83. The van der Waals surface area contributed by atoms with Crippen LogP contribution in [-0.2, 0) is 4.79 Å². The number of hydrogen-bond donors (Lipinski definition) is 1. The predicted molar refractivity (Wildman–Crippen MR) is 90.3 cm³/mol. The molecule has 2 unspecified atom stereocenters. The molecule has 0 saturated carbocycles. The van der Waals surface area contributed by atoms with E-state index >= 15 is 0 Å². The van der Waals surface area contributed by atoms with Gasteiger partial charge < -0.3 is 14.6 Å². The van der Waals surface area contributed by atoms with Gasteiger partial charge in [-0.3, -0.25) is 4.79 Å². The number of nitrogens with zero attached hydrogens (tertiary/aromatic N) is 1. The number of nitrogens with one attached hydrogen (secondary N) is 1. The topological polar surface area (TPSA) is 45.5 Å². The number of amides is 1. The molecule has 0 spiro atoms. The number of hydrogen-bond acceptors (Lipinski definition) is 3. The maximum atomic E-state index is 12.4. The highest BCUT2D eigenvalue weighted by molar-refractivity contribution is 5.85. The summed E-state index contributed by atoms with van der Waals surface area (Å²) < 4.78 is 5.86. The van der Waals surface area contributed by atoms with Gasteiger partial charge in [0.25, 0.3) is 0 Å². The third kappa shape index (κ3) is 3.45. The van der Waals surface area contributed by atoms with Gasteiger partial charge in [-0.1, -0.05) is 18.2 Å². The Balaban J connectivity index is 0.00000176. The lowest BCUT2D eigenvalue weighted by atomic mass is 10.1. The number of carbonyl (C=O) groups is 1. The second-order valence-electron chi connectivity index (χ2n) is 5.86. The Kier molecular flexibility index (Phi) is 5.48. The van der Waals surface area contributed by atoms with Crippen LogP contribution in [0.25, 0.3) is 11.0 Å². The molecule has 4 nitrogen and oxygen atoms in total. The summed E-state index contributed by atoms with van der Waals surface area (Å²) in [4.78, 5) is 14.2. The van der Waals surface area contributed by atoms with Crippen LogP contribution in [0.1, 0.15) is 38.0 Å². The molecule has 0 bridgehead atoms. The molecule has 1 saturated heterocycles. The van der Waals surface area contributed by atoms with Crippen molar-refractivity contribution in [2.24, 2.45) is 0 Å². The number of fused-ring (bicyclic) bond motifs is 1. The summed E-state index contributed by atoms with van der Waals surface area (Å²) in [7, 11) is 1.86. The smallest absolute Gasteiger partial charge is 0.224 e. The second-order valence-corrected chi connectivity index (χ2v) is 5.86. The van der Waals surface area contributed by atoms with Crippen molar-refractivity contribution in [3.8, 4) is 0 Å². The van der Waals surface area contributed by atoms with E-state index in [0.717, 1.165) is 29.7 Å². The molecule has 2 aromatic rings. The Labute approximate surface area is 137 Å². The summed E-state index contributed by atoms with van der Waals surface area (Å²) in [5.41, 5.74) is 0.873. The summed E-state index contributed by atoms with van der Waals surface area (Å²) in [6.45, 7) is 3.04. The van der Waals surface area contributed by atoms with Gasteiger partial charge in [-0.15, -0.1) is 12.4 Å². The van der Waals surface area contributed by atoms with Crippen LogP contribution in [0.15, 0.2) is 34.7 Å². The summed E-state index contributed by atoms with van der Waals surface area (Å²) >= 11 is 0. The highest BCUT2D eigenvalue weighted by atomic mass is 35.5. The van der Waals surface area contributed by atoms with Crippen LogP contribution < -0.4 is 5.32 Å². The number of rotatable bonds is 4. The lowest BCUT2D eigenvalue weighted by Gasteiger charge is -2.24. The Morgan fingerprint density at radius 1 is 1.45 bits per heavy atom. The van der Waals surface area contributed by atoms with Gasteiger partial charge in [0.05, 0.1) is 6.04 Å². The average molecular weight is 323 g/mol. The first-order chi connectivity index (χ1) is 10.1. The van der Waals surface area contributed by atoms with Gasteiger partial charge >= 0.3 is 0 Å². The fraction of sp³-hybridized carbons (Fsp3) is 0.471. The standard InChI is InChI=1S/C17H22N2O2.ClH/c1-12(16-10-13-6-3-4-8-15(13)21-16)19(2)17(20)11-14-7-5-9-18-14;/h3-4,6,8,10,12,14,18H,5,7,9,11H2,1-2H3;1H. The van der Waals surface area contributed by atoms with Crippen LogP contribution in [0.3, 0.4) is 0 Å². The van der Waals surface area contributed by atoms with Crippen LogP contribution in [0, 0.1) is 0 Å². The van der Waals surface area contributed by atoms with E-state index in [0.29, 0.717) is 12.5 Å². The number of para-hydroxylation sites is 1. The van der Waals surface area contributed by atoms with Crippen molar-refractivity contribution in [2.45, 2.75) is 38.3 Å². The van der Waals surface area contributed by atoms with Crippen molar-refractivity contribution in [1.29, 1.82) is 0 Å². The number of furan rings is 1. The normalized spacial score (nSPS) is 18.9. The van der Waals surface area contributed by atoms with E-state index in [1.165, 1.54) is 6.42 Å². The van der Waals surface area contributed by atoms with Gasteiger partial charge in [-0.2, -0.15) is 0 Å². The largest absolute Gasteiger partial charge is 0.459 e. The predicted octanol–water partition coefficient (Wildman–Crippen LogP) is 3.52. The maximum Gasteiger partial charge on any atom is 0.224 e. The number of halogens is 1. The molecule has 0 aliphatic carbocycles. The Morgan fingerprint density at radius 2 is 2.23 bits per heavy atom. The molecule has 1 aliphatic rings. The molecule has 0 radical (unpaired) electrons. The first kappa shape index (κ1) is 16.8. The Bertz CT molecular complexity index is 601. The zero-order valence-corrected chi connectivity index (χ0v) is 13.9. The molecule has 1 aliphatic heterocycles. The van der Waals surface area contributed by atoms with Crippen LogP contribution in [-0.4, -0.2) is 30.4 Å². The van der Waals surface area contributed by atoms with Crippen LogP contribution in [0.2, 0.25) is 0 Å². The fourth-order valence-electron chi connectivity index (χ4n) is 2.90. The van der Waals surface area contributed by atoms with E-state index in [1.807, 2.05) is 44.3 Å². The van der Waals surface area contributed by atoms with E-state index in [-0.39, 0.29) is 24.4 Å². The van der Waals surface area contributed by atoms with Gasteiger partial charge in [-0.25, -0.2) is 0 Å². The van der Waals surface area contributed by atoms with Crippen molar-refractivity contribution >= 4 is 29.3 Å². The molecule has 1 N–H and O–H groups in total. The van der Waals surface area contributed by atoms with E-state index in [4.69, 9.17) is 4.42 Å². The van der Waals surface area contributed by atoms with Crippen molar-refractivity contribution < 1.29 is 9.21 Å². The van der Waals surface area contributed by atoms with Crippen molar-refractivity contribution in [3.63, 3.8) is 0 Å². The average Bonchev–Trinajstić information content (AvgIpc) is 3.14. The van der Waals surface area contributed by atoms with E-state index < -0.39 is 0 Å². The van der Waals surface area contributed by atoms with Crippen molar-refractivity contribution in [1.82, 2.24) is 10.2 Å². The molecular formula is C17H23ClN2O2. The minimum atomic E-state index is -0.0497. The van der Waals surface area contributed by atoms with E-state index in [2.05, 4.69) is 5.32 Å². The highest BCUT2D eigenvalue weighted by Gasteiger charge is 2.24. The maximum absolute atomic E-state index is 12.4. The summed E-state index contributed by atoms with van der Waals surface area (Å²) in [6, 6.07) is 10.2. The summed E-state index contributed by atoms with van der Waals surface area (Å²) in [5.74, 6) is 1.01. The Hall–Kier alpha value is -1.52. The van der Waals surface area contributed by atoms with Gasteiger partial charge in [0.15, 0.2) is 0 Å². The minimum absolute atomic E-state index is 0. The zero-order chi connectivity index (χ0) is 14.8. The summed E-state index contributed by atoms with van der Waals surface area (Å²) in [5, 5.41) is 4.45. The first-order valence-electron chi connectivity index (χ1n) is 7.62. The fourth-order valence-corrected chi connectivity index (χ4v) is 2.90. The molecule has 1 aromatic heterocycles. The lowest BCUT2D eigenvalue weighted by molar-refractivity contribution is -0.132. The molecule has 1 aromatic carbocycles. The molecular weight excluding hydrogens is 300 g/mol.